The number of carbonyl (C=O) groups excluding carboxylic acids is 2. The summed E-state index contributed by atoms with van der Waals surface area (Å²) >= 11 is 0. The summed E-state index contributed by atoms with van der Waals surface area (Å²) in [6, 6.07) is 15.8. The van der Waals surface area contributed by atoms with Crippen molar-refractivity contribution in [3.63, 3.8) is 0 Å². The molecule has 1 aliphatic heterocycles. The highest BCUT2D eigenvalue weighted by Gasteiger charge is 2.40. The molecule has 1 saturated carbocycles. The van der Waals surface area contributed by atoms with E-state index in [1.54, 1.807) is 23.1 Å². The van der Waals surface area contributed by atoms with Gasteiger partial charge in [-0.25, -0.2) is 13.6 Å². The van der Waals surface area contributed by atoms with Gasteiger partial charge in [0.05, 0.1) is 18.7 Å². The number of carbonyl (C=O) groups is 2. The molecule has 48 heavy (non-hydrogen) atoms. The van der Waals surface area contributed by atoms with Gasteiger partial charge in [0.15, 0.2) is 23.6 Å². The van der Waals surface area contributed by atoms with Crippen LogP contribution in [0.15, 0.2) is 66.2 Å². The van der Waals surface area contributed by atoms with E-state index in [9.17, 15) is 35.9 Å². The van der Waals surface area contributed by atoms with Gasteiger partial charge in [0.2, 0.25) is 5.82 Å². The van der Waals surface area contributed by atoms with Crippen LogP contribution < -0.4 is 14.8 Å². The van der Waals surface area contributed by atoms with Gasteiger partial charge in [0.25, 0.3) is 0 Å². The lowest BCUT2D eigenvalue weighted by Gasteiger charge is -2.36. The Labute approximate surface area is 273 Å². The first kappa shape index (κ1) is 34.8. The number of nitrogens with one attached hydrogen (secondary N) is 1. The van der Waals surface area contributed by atoms with E-state index in [2.05, 4.69) is 0 Å². The first-order valence-electron chi connectivity index (χ1n) is 15.5. The maximum atomic E-state index is 13.8. The number of esters is 1. The minimum absolute atomic E-state index is 0.00550. The van der Waals surface area contributed by atoms with E-state index < -0.39 is 54.0 Å². The first-order chi connectivity index (χ1) is 22.9. The predicted octanol–water partition coefficient (Wildman–Crippen LogP) is 6.67. The van der Waals surface area contributed by atoms with Gasteiger partial charge in [-0.3, -0.25) is 9.69 Å². The van der Waals surface area contributed by atoms with Crippen molar-refractivity contribution in [2.24, 2.45) is 0 Å². The Kier molecular flexibility index (Phi) is 11.0. The third kappa shape index (κ3) is 9.09. The van der Waals surface area contributed by atoms with E-state index in [1.807, 2.05) is 42.6 Å². The molecule has 1 heterocycles. The van der Waals surface area contributed by atoms with Gasteiger partial charge in [-0.1, -0.05) is 36.4 Å². The van der Waals surface area contributed by atoms with Crippen molar-refractivity contribution in [2.45, 2.75) is 57.5 Å². The second-order valence-electron chi connectivity index (χ2n) is 11.7. The van der Waals surface area contributed by atoms with Crippen molar-refractivity contribution in [3.8, 4) is 11.5 Å². The fraction of sp³-hybridized carbons (Fsp3) is 0.371. The van der Waals surface area contributed by atoms with Gasteiger partial charge in [-0.05, 0) is 85.6 Å². The van der Waals surface area contributed by atoms with Crippen LogP contribution in [-0.4, -0.2) is 61.5 Å². The topological polar surface area (TPSA) is 77.1 Å². The van der Waals surface area contributed by atoms with Gasteiger partial charge in [-0.2, -0.15) is 17.6 Å². The zero-order valence-electron chi connectivity index (χ0n) is 26.0. The van der Waals surface area contributed by atoms with Crippen molar-refractivity contribution >= 4 is 17.4 Å². The van der Waals surface area contributed by atoms with Crippen LogP contribution in [0.3, 0.4) is 0 Å². The first-order valence-corrected chi connectivity index (χ1v) is 15.5. The maximum Gasteiger partial charge on any atom is 0.471 e. The molecule has 1 N–H and O–H groups in total. The van der Waals surface area contributed by atoms with Crippen molar-refractivity contribution in [3.05, 3.63) is 100 Å². The molecule has 1 aliphatic carbocycles. The highest BCUT2D eigenvalue weighted by atomic mass is 19.4. The summed E-state index contributed by atoms with van der Waals surface area (Å²) in [5, 5.41) is 1.90. The normalized spacial score (nSPS) is 16.0. The Morgan fingerprint density at radius 2 is 1.73 bits per heavy atom. The standard InChI is InChI=1S/C35H34F6N2O5/c1-21-4-2-6-25(18-21)47-30(19-42-34(45)35(39,40)41)43-16-15-26(27(20-43)33(44)48-24-11-12-24)23-9-7-22(8-10-23)5-3-17-46-32-29(37)14-13-28(36)31(32)38/h2,4,6-10,13-14,18,24,30H,3,5,11-12,15-17,19-20H2,1H3,(H,42,45). The van der Waals surface area contributed by atoms with Crippen molar-refractivity contribution in [1.82, 2.24) is 10.2 Å². The number of rotatable bonds is 13. The Morgan fingerprint density at radius 1 is 1.00 bits per heavy atom. The van der Waals surface area contributed by atoms with Crippen LogP contribution in [0.4, 0.5) is 26.3 Å². The molecule has 5 rings (SSSR count). The fourth-order valence-corrected chi connectivity index (χ4v) is 5.28. The second kappa shape index (κ2) is 15.1. The molecule has 7 nitrogen and oxygen atoms in total. The Morgan fingerprint density at radius 3 is 2.42 bits per heavy atom. The van der Waals surface area contributed by atoms with Crippen molar-refractivity contribution in [1.29, 1.82) is 0 Å². The summed E-state index contributed by atoms with van der Waals surface area (Å²) in [5.41, 5.74) is 3.56. The number of hydrogen-bond acceptors (Lipinski definition) is 6. The minimum atomic E-state index is -5.07. The van der Waals surface area contributed by atoms with E-state index >= 15 is 0 Å². The summed E-state index contributed by atoms with van der Waals surface area (Å²) in [6.07, 6.45) is -3.57. The molecule has 13 heteroatoms. The Balaban J connectivity index is 1.30. The number of benzene rings is 3. The molecule has 3 aromatic rings. The van der Waals surface area contributed by atoms with Gasteiger partial charge < -0.3 is 19.5 Å². The molecule has 2 aliphatic rings. The zero-order valence-corrected chi connectivity index (χ0v) is 26.0. The average molecular weight is 677 g/mol. The van der Waals surface area contributed by atoms with Gasteiger partial charge >= 0.3 is 18.1 Å². The van der Waals surface area contributed by atoms with Crippen LogP contribution in [0.1, 0.15) is 42.4 Å². The number of aryl methyl sites for hydroxylation is 2. The summed E-state index contributed by atoms with van der Waals surface area (Å²) in [7, 11) is 0. The largest absolute Gasteiger partial charge is 0.488 e. The van der Waals surface area contributed by atoms with Crippen LogP contribution in [-0.2, 0) is 20.7 Å². The lowest BCUT2D eigenvalue weighted by molar-refractivity contribution is -0.174. The molecule has 1 atom stereocenters. The zero-order chi connectivity index (χ0) is 34.4. The molecule has 1 amide bonds. The van der Waals surface area contributed by atoms with Crippen LogP contribution in [0, 0.1) is 24.4 Å². The molecule has 0 radical (unpaired) electrons. The van der Waals surface area contributed by atoms with Crippen LogP contribution in [0.25, 0.3) is 5.57 Å². The predicted molar refractivity (Wildman–Crippen MR) is 163 cm³/mol. The third-order valence-electron chi connectivity index (χ3n) is 7.94. The van der Waals surface area contributed by atoms with Crippen molar-refractivity contribution in [2.75, 3.05) is 26.2 Å². The van der Waals surface area contributed by atoms with Gasteiger partial charge in [0, 0.05) is 13.1 Å². The smallest absolute Gasteiger partial charge is 0.471 e. The van der Waals surface area contributed by atoms with E-state index in [4.69, 9.17) is 14.2 Å². The maximum absolute atomic E-state index is 13.8. The third-order valence-corrected chi connectivity index (χ3v) is 7.94. The molecule has 0 aromatic heterocycles. The Hall–Kier alpha value is -4.52. The lowest BCUT2D eigenvalue weighted by Crippen LogP contribution is -2.52. The van der Waals surface area contributed by atoms with Crippen molar-refractivity contribution < 1.29 is 50.1 Å². The molecular weight excluding hydrogens is 642 g/mol. The lowest BCUT2D eigenvalue weighted by atomic mass is 9.92. The minimum Gasteiger partial charge on any atom is -0.488 e. The van der Waals surface area contributed by atoms with Crippen LogP contribution in [0.2, 0.25) is 0 Å². The van der Waals surface area contributed by atoms with Gasteiger partial charge in [-0.15, -0.1) is 0 Å². The number of nitrogens with zero attached hydrogens (tertiary/aromatic N) is 1. The number of amides is 1. The molecule has 0 saturated heterocycles. The van der Waals surface area contributed by atoms with Crippen LogP contribution >= 0.6 is 0 Å². The summed E-state index contributed by atoms with van der Waals surface area (Å²) in [4.78, 5) is 26.7. The quantitative estimate of drug-likeness (QED) is 0.0944. The molecule has 1 unspecified atom stereocenters. The molecule has 1 fully saturated rings. The second-order valence-corrected chi connectivity index (χ2v) is 11.7. The van der Waals surface area contributed by atoms with E-state index in [0.717, 1.165) is 41.2 Å². The molecule has 3 aromatic carbocycles. The molecule has 0 bridgehead atoms. The van der Waals surface area contributed by atoms with E-state index in [0.29, 0.717) is 43.2 Å². The summed E-state index contributed by atoms with van der Waals surface area (Å²) in [6.45, 7) is 1.62. The molecular formula is C35H34F6N2O5. The van der Waals surface area contributed by atoms with Gasteiger partial charge in [0.1, 0.15) is 11.9 Å². The summed E-state index contributed by atoms with van der Waals surface area (Å²) in [5.74, 6) is -6.56. The van der Waals surface area contributed by atoms with Crippen LogP contribution in [0.5, 0.6) is 11.5 Å². The van der Waals surface area contributed by atoms with E-state index in [-0.39, 0.29) is 19.3 Å². The Bertz CT molecular complexity index is 1660. The SMILES string of the molecule is Cc1cccc(OC(CNC(=O)C(F)(F)F)N2CCC(c3ccc(CCCOc4c(F)ccc(F)c4F)cc3)=C(C(=O)OC3CC3)C2)c1. The molecule has 0 spiro atoms. The number of ether oxygens (including phenoxy) is 3. The average Bonchev–Trinajstić information content (AvgIpc) is 3.88. The number of alkyl halides is 3. The number of halogens is 6. The number of hydrogen-bond donors (Lipinski definition) is 1. The summed E-state index contributed by atoms with van der Waals surface area (Å²) < 4.78 is 96.9. The fourth-order valence-electron chi connectivity index (χ4n) is 5.28. The van der Waals surface area contributed by atoms with E-state index in [1.165, 1.54) is 0 Å². The molecule has 256 valence electrons. The highest BCUT2D eigenvalue weighted by molar-refractivity contribution is 5.98. The highest BCUT2D eigenvalue weighted by Crippen LogP contribution is 2.33. The monoisotopic (exact) mass is 676 g/mol.